The highest BCUT2D eigenvalue weighted by Crippen LogP contribution is 2.17. The van der Waals surface area contributed by atoms with E-state index in [1.165, 1.54) is 0 Å². The molecule has 1 amide bonds. The Morgan fingerprint density at radius 2 is 2.05 bits per heavy atom. The van der Waals surface area contributed by atoms with Gasteiger partial charge in [0, 0.05) is 18.8 Å². The lowest BCUT2D eigenvalue weighted by Crippen LogP contribution is -2.28. The number of amides is 1. The summed E-state index contributed by atoms with van der Waals surface area (Å²) in [6, 6.07) is 5.89. The van der Waals surface area contributed by atoms with Crippen molar-refractivity contribution in [1.82, 2.24) is 5.32 Å². The van der Waals surface area contributed by atoms with Crippen LogP contribution in [0.3, 0.4) is 0 Å². The molecule has 1 aromatic carbocycles. The summed E-state index contributed by atoms with van der Waals surface area (Å²) in [6.07, 6.45) is 1.21. The third-order valence-electron chi connectivity index (χ3n) is 2.82. The molecule has 0 unspecified atom stereocenters. The van der Waals surface area contributed by atoms with Gasteiger partial charge < -0.3 is 15.4 Å². The SMILES string of the molecule is CCCNc1ccc(C)cc1C(=O)NCCOC(C)C. The van der Waals surface area contributed by atoms with Crippen molar-refractivity contribution in [2.24, 2.45) is 0 Å². The Morgan fingerprint density at radius 1 is 1.30 bits per heavy atom. The second-order valence-corrected chi connectivity index (χ2v) is 5.15. The zero-order chi connectivity index (χ0) is 15.0. The molecule has 20 heavy (non-hydrogen) atoms. The average Bonchev–Trinajstić information content (AvgIpc) is 2.41. The van der Waals surface area contributed by atoms with E-state index >= 15 is 0 Å². The molecule has 0 saturated heterocycles. The van der Waals surface area contributed by atoms with Crippen molar-refractivity contribution < 1.29 is 9.53 Å². The van der Waals surface area contributed by atoms with Crippen molar-refractivity contribution in [1.29, 1.82) is 0 Å². The fourth-order valence-electron chi connectivity index (χ4n) is 1.81. The first-order valence-electron chi connectivity index (χ1n) is 7.29. The topological polar surface area (TPSA) is 50.4 Å². The van der Waals surface area contributed by atoms with Crippen LogP contribution in [0.2, 0.25) is 0 Å². The molecule has 0 bridgehead atoms. The monoisotopic (exact) mass is 278 g/mol. The quantitative estimate of drug-likeness (QED) is 0.719. The zero-order valence-corrected chi connectivity index (χ0v) is 13.0. The molecule has 2 N–H and O–H groups in total. The number of anilines is 1. The molecule has 4 heteroatoms. The average molecular weight is 278 g/mol. The van der Waals surface area contributed by atoms with Crippen LogP contribution in [0.25, 0.3) is 0 Å². The van der Waals surface area contributed by atoms with E-state index in [1.807, 2.05) is 39.0 Å². The Labute approximate surface area is 121 Å². The molecule has 0 heterocycles. The Hall–Kier alpha value is -1.55. The van der Waals surface area contributed by atoms with Crippen molar-refractivity contribution in [3.05, 3.63) is 29.3 Å². The third kappa shape index (κ3) is 5.61. The van der Waals surface area contributed by atoms with Gasteiger partial charge in [-0.2, -0.15) is 0 Å². The lowest BCUT2D eigenvalue weighted by atomic mass is 10.1. The summed E-state index contributed by atoms with van der Waals surface area (Å²) in [7, 11) is 0. The first kappa shape index (κ1) is 16.5. The summed E-state index contributed by atoms with van der Waals surface area (Å²) in [6.45, 7) is 9.97. The lowest BCUT2D eigenvalue weighted by molar-refractivity contribution is 0.0747. The number of carbonyl (C=O) groups excluding carboxylic acids is 1. The van der Waals surface area contributed by atoms with Crippen LogP contribution in [-0.2, 0) is 4.74 Å². The molecule has 0 radical (unpaired) electrons. The van der Waals surface area contributed by atoms with E-state index in [2.05, 4.69) is 17.6 Å². The molecule has 0 saturated carbocycles. The molecule has 0 atom stereocenters. The van der Waals surface area contributed by atoms with Gasteiger partial charge in [-0.1, -0.05) is 18.6 Å². The maximum atomic E-state index is 12.2. The fraction of sp³-hybridized carbons (Fsp3) is 0.562. The molecular weight excluding hydrogens is 252 g/mol. The van der Waals surface area contributed by atoms with Crippen molar-refractivity contribution in [2.75, 3.05) is 25.0 Å². The number of nitrogens with one attached hydrogen (secondary N) is 2. The molecule has 0 aromatic heterocycles. The van der Waals surface area contributed by atoms with Crippen molar-refractivity contribution in [3.8, 4) is 0 Å². The Morgan fingerprint density at radius 3 is 2.70 bits per heavy atom. The van der Waals surface area contributed by atoms with Gasteiger partial charge in [0.2, 0.25) is 0 Å². The standard InChI is InChI=1S/C16H26N2O2/c1-5-8-17-15-7-6-13(4)11-14(15)16(19)18-9-10-20-12(2)3/h6-7,11-12,17H,5,8-10H2,1-4H3,(H,18,19). The summed E-state index contributed by atoms with van der Waals surface area (Å²) in [5.41, 5.74) is 2.67. The fourth-order valence-corrected chi connectivity index (χ4v) is 1.81. The molecule has 0 aliphatic carbocycles. The van der Waals surface area contributed by atoms with Crippen molar-refractivity contribution in [2.45, 2.75) is 40.2 Å². The van der Waals surface area contributed by atoms with Crippen LogP contribution in [0.1, 0.15) is 43.1 Å². The summed E-state index contributed by atoms with van der Waals surface area (Å²) in [4.78, 5) is 12.2. The summed E-state index contributed by atoms with van der Waals surface area (Å²) >= 11 is 0. The lowest BCUT2D eigenvalue weighted by Gasteiger charge is -2.13. The van der Waals surface area contributed by atoms with Gasteiger partial charge in [-0.3, -0.25) is 4.79 Å². The van der Waals surface area contributed by atoms with E-state index in [1.54, 1.807) is 0 Å². The number of benzene rings is 1. The van der Waals surface area contributed by atoms with E-state index in [0.717, 1.165) is 24.2 Å². The predicted molar refractivity (Wildman–Crippen MR) is 83.4 cm³/mol. The van der Waals surface area contributed by atoms with Crippen LogP contribution in [0.4, 0.5) is 5.69 Å². The molecule has 0 spiro atoms. The van der Waals surface area contributed by atoms with E-state index in [9.17, 15) is 4.79 Å². The predicted octanol–water partition coefficient (Wildman–Crippen LogP) is 2.97. The van der Waals surface area contributed by atoms with Crippen LogP contribution in [0.5, 0.6) is 0 Å². The summed E-state index contributed by atoms with van der Waals surface area (Å²) in [5, 5.41) is 6.18. The smallest absolute Gasteiger partial charge is 0.253 e. The summed E-state index contributed by atoms with van der Waals surface area (Å²) in [5.74, 6) is -0.0559. The van der Waals surface area contributed by atoms with Crippen LogP contribution >= 0.6 is 0 Å². The van der Waals surface area contributed by atoms with Gasteiger partial charge in [0.25, 0.3) is 5.91 Å². The van der Waals surface area contributed by atoms with Crippen LogP contribution in [0, 0.1) is 6.92 Å². The molecule has 1 rings (SSSR count). The molecular formula is C16H26N2O2. The van der Waals surface area contributed by atoms with E-state index < -0.39 is 0 Å². The number of hydrogen-bond donors (Lipinski definition) is 2. The maximum absolute atomic E-state index is 12.2. The molecule has 4 nitrogen and oxygen atoms in total. The van der Waals surface area contributed by atoms with Crippen LogP contribution < -0.4 is 10.6 Å². The van der Waals surface area contributed by atoms with Gasteiger partial charge in [-0.05, 0) is 39.3 Å². The second-order valence-electron chi connectivity index (χ2n) is 5.15. The first-order chi connectivity index (χ1) is 9.54. The minimum Gasteiger partial charge on any atom is -0.384 e. The number of rotatable bonds is 8. The normalized spacial score (nSPS) is 10.7. The Balaban J connectivity index is 2.63. The van der Waals surface area contributed by atoms with Crippen molar-refractivity contribution >= 4 is 11.6 Å². The Kier molecular flexibility index (Phi) is 7.09. The van der Waals surface area contributed by atoms with Gasteiger partial charge >= 0.3 is 0 Å². The molecule has 0 aliphatic heterocycles. The number of hydrogen-bond acceptors (Lipinski definition) is 3. The highest BCUT2D eigenvalue weighted by molar-refractivity contribution is 5.99. The maximum Gasteiger partial charge on any atom is 0.253 e. The molecule has 0 aliphatic rings. The molecule has 112 valence electrons. The Bertz CT molecular complexity index is 430. The van der Waals surface area contributed by atoms with Gasteiger partial charge in [-0.25, -0.2) is 0 Å². The van der Waals surface area contributed by atoms with E-state index in [-0.39, 0.29) is 12.0 Å². The third-order valence-corrected chi connectivity index (χ3v) is 2.82. The van der Waals surface area contributed by atoms with Crippen LogP contribution in [-0.4, -0.2) is 31.7 Å². The molecule has 0 fully saturated rings. The largest absolute Gasteiger partial charge is 0.384 e. The van der Waals surface area contributed by atoms with E-state index in [0.29, 0.717) is 18.7 Å². The van der Waals surface area contributed by atoms with Gasteiger partial charge in [0.1, 0.15) is 0 Å². The molecule has 1 aromatic rings. The minimum absolute atomic E-state index is 0.0559. The summed E-state index contributed by atoms with van der Waals surface area (Å²) < 4.78 is 5.42. The van der Waals surface area contributed by atoms with Crippen molar-refractivity contribution in [3.63, 3.8) is 0 Å². The number of ether oxygens (including phenoxy) is 1. The highest BCUT2D eigenvalue weighted by Gasteiger charge is 2.11. The number of aryl methyl sites for hydroxylation is 1. The zero-order valence-electron chi connectivity index (χ0n) is 13.0. The van der Waals surface area contributed by atoms with Gasteiger partial charge in [0.15, 0.2) is 0 Å². The minimum atomic E-state index is -0.0559. The second kappa shape index (κ2) is 8.59. The number of carbonyl (C=O) groups is 1. The van der Waals surface area contributed by atoms with Gasteiger partial charge in [0.05, 0.1) is 18.3 Å². The van der Waals surface area contributed by atoms with E-state index in [4.69, 9.17) is 4.74 Å². The van der Waals surface area contributed by atoms with Crippen LogP contribution in [0.15, 0.2) is 18.2 Å². The highest BCUT2D eigenvalue weighted by atomic mass is 16.5. The first-order valence-corrected chi connectivity index (χ1v) is 7.29. The van der Waals surface area contributed by atoms with Gasteiger partial charge in [-0.15, -0.1) is 0 Å².